The minimum Gasteiger partial charge on any atom is -0.362 e. The number of aromatic nitrogens is 2. The number of rotatable bonds is 4. The van der Waals surface area contributed by atoms with E-state index < -0.39 is 0 Å². The summed E-state index contributed by atoms with van der Waals surface area (Å²) in [6.07, 6.45) is 9.90. The van der Waals surface area contributed by atoms with E-state index in [1.165, 1.54) is 4.57 Å². The van der Waals surface area contributed by atoms with Gasteiger partial charge >= 0.3 is 0 Å². The lowest BCUT2D eigenvalue weighted by atomic mass is 10.1. The third-order valence-electron chi connectivity index (χ3n) is 2.21. The van der Waals surface area contributed by atoms with E-state index in [9.17, 15) is 4.79 Å². The van der Waals surface area contributed by atoms with Gasteiger partial charge in [-0.05, 0) is 6.42 Å². The lowest BCUT2D eigenvalue weighted by Gasteiger charge is -2.14. The predicted molar refractivity (Wildman–Crippen MR) is 60.6 cm³/mol. The minimum atomic E-state index is -0.132. The smallest absolute Gasteiger partial charge is 0.293 e. The van der Waals surface area contributed by atoms with Gasteiger partial charge in [0.25, 0.3) is 5.56 Å². The highest BCUT2D eigenvalue weighted by atomic mass is 16.1. The molecule has 0 bridgehead atoms. The van der Waals surface area contributed by atoms with Crippen LogP contribution < -0.4 is 10.9 Å². The molecule has 0 saturated heterocycles. The second-order valence-corrected chi connectivity index (χ2v) is 3.35. The quantitative estimate of drug-likeness (QED) is 0.746. The zero-order valence-corrected chi connectivity index (χ0v) is 9.03. The first-order chi connectivity index (χ1) is 7.19. The molecular formula is C11H15N3O. The Morgan fingerprint density at radius 1 is 1.73 bits per heavy atom. The maximum absolute atomic E-state index is 11.6. The molecule has 4 heteroatoms. The molecule has 0 aromatic carbocycles. The minimum absolute atomic E-state index is 0.109. The second-order valence-electron chi connectivity index (χ2n) is 3.35. The molecule has 1 aromatic rings. The van der Waals surface area contributed by atoms with Gasteiger partial charge in [0.05, 0.1) is 0 Å². The number of hydrogen-bond donors (Lipinski definition) is 1. The van der Waals surface area contributed by atoms with Crippen molar-refractivity contribution in [3.63, 3.8) is 0 Å². The van der Waals surface area contributed by atoms with E-state index in [1.54, 1.807) is 19.4 Å². The van der Waals surface area contributed by atoms with Gasteiger partial charge in [0.2, 0.25) is 0 Å². The Hall–Kier alpha value is -1.76. The molecule has 1 rings (SSSR count). The predicted octanol–water partition coefficient (Wildman–Crippen LogP) is 0.994. The van der Waals surface area contributed by atoms with Gasteiger partial charge in [0.15, 0.2) is 5.82 Å². The van der Waals surface area contributed by atoms with Crippen molar-refractivity contribution in [2.24, 2.45) is 7.05 Å². The van der Waals surface area contributed by atoms with Gasteiger partial charge in [-0.1, -0.05) is 6.92 Å². The molecule has 0 aliphatic carbocycles. The summed E-state index contributed by atoms with van der Waals surface area (Å²) in [6, 6.07) is 0.109. The van der Waals surface area contributed by atoms with Gasteiger partial charge in [0.1, 0.15) is 0 Å². The summed E-state index contributed by atoms with van der Waals surface area (Å²) in [5.41, 5.74) is -0.132. The number of hydrogen-bond acceptors (Lipinski definition) is 3. The van der Waals surface area contributed by atoms with E-state index >= 15 is 0 Å². The number of nitrogens with one attached hydrogen (secondary N) is 1. The van der Waals surface area contributed by atoms with Gasteiger partial charge < -0.3 is 9.88 Å². The van der Waals surface area contributed by atoms with Crippen LogP contribution in [0.15, 0.2) is 17.2 Å². The fraction of sp³-hybridized carbons (Fsp3) is 0.455. The van der Waals surface area contributed by atoms with Crippen LogP contribution >= 0.6 is 0 Å². The summed E-state index contributed by atoms with van der Waals surface area (Å²) < 4.78 is 1.48. The van der Waals surface area contributed by atoms with Crippen LogP contribution in [-0.2, 0) is 7.05 Å². The molecule has 4 nitrogen and oxygen atoms in total. The Labute approximate surface area is 89.3 Å². The first-order valence-electron chi connectivity index (χ1n) is 4.90. The molecular weight excluding hydrogens is 190 g/mol. The highest BCUT2D eigenvalue weighted by Gasteiger charge is 2.08. The van der Waals surface area contributed by atoms with Crippen LogP contribution in [0.5, 0.6) is 0 Å². The van der Waals surface area contributed by atoms with Gasteiger partial charge in [-0.25, -0.2) is 4.98 Å². The molecule has 0 aliphatic rings. The van der Waals surface area contributed by atoms with Crippen molar-refractivity contribution in [2.45, 2.75) is 25.8 Å². The zero-order chi connectivity index (χ0) is 11.3. The van der Waals surface area contributed by atoms with Crippen molar-refractivity contribution in [1.82, 2.24) is 9.55 Å². The standard InChI is InChI=1S/C11H15N3O/c1-4-6-9(5-2)13-10-11(15)14(3)8-7-12-10/h1,7-9H,5-6H2,2-3H3,(H,12,13). The lowest BCUT2D eigenvalue weighted by molar-refractivity contribution is 0.704. The van der Waals surface area contributed by atoms with E-state index in [-0.39, 0.29) is 11.6 Å². The molecule has 1 unspecified atom stereocenters. The van der Waals surface area contributed by atoms with Crippen molar-refractivity contribution in [3.05, 3.63) is 22.7 Å². The summed E-state index contributed by atoms with van der Waals surface area (Å²) in [7, 11) is 1.69. The number of aryl methyl sites for hydroxylation is 1. The molecule has 0 saturated carbocycles. The van der Waals surface area contributed by atoms with Crippen molar-refractivity contribution < 1.29 is 0 Å². The normalized spacial score (nSPS) is 11.8. The van der Waals surface area contributed by atoms with Crippen LogP contribution in [0.25, 0.3) is 0 Å². The fourth-order valence-corrected chi connectivity index (χ4v) is 1.23. The molecule has 15 heavy (non-hydrogen) atoms. The van der Waals surface area contributed by atoms with E-state index in [1.807, 2.05) is 6.92 Å². The van der Waals surface area contributed by atoms with E-state index in [4.69, 9.17) is 6.42 Å². The Balaban J connectivity index is 2.85. The maximum atomic E-state index is 11.6. The van der Waals surface area contributed by atoms with Gasteiger partial charge in [-0.15, -0.1) is 12.3 Å². The van der Waals surface area contributed by atoms with Crippen molar-refractivity contribution in [2.75, 3.05) is 5.32 Å². The van der Waals surface area contributed by atoms with Crippen LogP contribution in [0, 0.1) is 12.3 Å². The van der Waals surface area contributed by atoms with Crippen LogP contribution in [-0.4, -0.2) is 15.6 Å². The average molecular weight is 205 g/mol. The third-order valence-corrected chi connectivity index (χ3v) is 2.21. The molecule has 0 radical (unpaired) electrons. The summed E-state index contributed by atoms with van der Waals surface area (Å²) in [5, 5.41) is 3.05. The number of nitrogens with zero attached hydrogens (tertiary/aromatic N) is 2. The van der Waals surface area contributed by atoms with Gasteiger partial charge in [0, 0.05) is 31.9 Å². The molecule has 1 heterocycles. The number of anilines is 1. The van der Waals surface area contributed by atoms with E-state index in [2.05, 4.69) is 16.2 Å². The Kier molecular flexibility index (Phi) is 3.92. The zero-order valence-electron chi connectivity index (χ0n) is 9.03. The average Bonchev–Trinajstić information content (AvgIpc) is 2.24. The van der Waals surface area contributed by atoms with Crippen LogP contribution in [0.3, 0.4) is 0 Å². The summed E-state index contributed by atoms with van der Waals surface area (Å²) in [4.78, 5) is 15.6. The Morgan fingerprint density at radius 2 is 2.47 bits per heavy atom. The number of terminal acetylenes is 1. The van der Waals surface area contributed by atoms with Gasteiger partial charge in [-0.2, -0.15) is 0 Å². The Bertz CT molecular complexity index is 417. The highest BCUT2D eigenvalue weighted by Crippen LogP contribution is 2.03. The molecule has 0 amide bonds. The fourth-order valence-electron chi connectivity index (χ4n) is 1.23. The van der Waals surface area contributed by atoms with Crippen LogP contribution in [0.1, 0.15) is 19.8 Å². The van der Waals surface area contributed by atoms with Crippen molar-refractivity contribution >= 4 is 5.82 Å². The van der Waals surface area contributed by atoms with Gasteiger partial charge in [-0.3, -0.25) is 4.79 Å². The molecule has 1 aromatic heterocycles. The monoisotopic (exact) mass is 205 g/mol. The highest BCUT2D eigenvalue weighted by molar-refractivity contribution is 5.32. The van der Waals surface area contributed by atoms with E-state index in [0.717, 1.165) is 6.42 Å². The lowest BCUT2D eigenvalue weighted by Crippen LogP contribution is -2.27. The molecule has 0 spiro atoms. The van der Waals surface area contributed by atoms with E-state index in [0.29, 0.717) is 12.2 Å². The van der Waals surface area contributed by atoms with Crippen molar-refractivity contribution in [3.8, 4) is 12.3 Å². The Morgan fingerprint density at radius 3 is 3.07 bits per heavy atom. The topological polar surface area (TPSA) is 46.9 Å². The first kappa shape index (κ1) is 11.3. The maximum Gasteiger partial charge on any atom is 0.293 e. The third kappa shape index (κ3) is 2.84. The molecule has 1 atom stereocenters. The SMILES string of the molecule is C#CCC(CC)Nc1nccn(C)c1=O. The first-order valence-corrected chi connectivity index (χ1v) is 4.90. The second kappa shape index (κ2) is 5.20. The molecule has 0 aliphatic heterocycles. The largest absolute Gasteiger partial charge is 0.362 e. The van der Waals surface area contributed by atoms with Crippen LogP contribution in [0.2, 0.25) is 0 Å². The van der Waals surface area contributed by atoms with Crippen molar-refractivity contribution in [1.29, 1.82) is 0 Å². The molecule has 80 valence electrons. The summed E-state index contributed by atoms with van der Waals surface area (Å²) in [6.45, 7) is 2.02. The summed E-state index contributed by atoms with van der Waals surface area (Å²) in [5.74, 6) is 2.94. The van der Waals surface area contributed by atoms with Crippen LogP contribution in [0.4, 0.5) is 5.82 Å². The molecule has 1 N–H and O–H groups in total. The molecule has 0 fully saturated rings. The summed E-state index contributed by atoms with van der Waals surface area (Å²) >= 11 is 0.